The Kier molecular flexibility index (Phi) is 6.12. The number of nitrogens with zero attached hydrogens (tertiary/aromatic N) is 2. The van der Waals surface area contributed by atoms with Crippen LogP contribution in [0.1, 0.15) is 24.8 Å². The molecule has 9 heteroatoms. The number of ether oxygens (including phenoxy) is 1. The predicted molar refractivity (Wildman–Crippen MR) is 101 cm³/mol. The van der Waals surface area contributed by atoms with Crippen LogP contribution < -0.4 is 10.6 Å². The van der Waals surface area contributed by atoms with Gasteiger partial charge in [-0.15, -0.1) is 11.3 Å². The van der Waals surface area contributed by atoms with Crippen LogP contribution in [0.2, 0.25) is 0 Å². The topological polar surface area (TPSA) is 91.0 Å². The first-order valence-electron chi connectivity index (χ1n) is 8.98. The first-order valence-corrected chi connectivity index (χ1v) is 9.86. The minimum Gasteiger partial charge on any atom is -0.463 e. The number of hydrogen-bond donors (Lipinski definition) is 2. The minimum absolute atomic E-state index is 0.0639. The molecule has 1 fully saturated rings. The van der Waals surface area contributed by atoms with E-state index in [1.165, 1.54) is 11.3 Å². The second-order valence-corrected chi connectivity index (χ2v) is 7.42. The highest BCUT2D eigenvalue weighted by molar-refractivity contribution is 7.10. The fraction of sp³-hybridized carbons (Fsp3) is 0.500. The zero-order valence-electron chi connectivity index (χ0n) is 15.5. The molecule has 146 valence electrons. The normalized spacial score (nSPS) is 20.9. The Morgan fingerprint density at radius 2 is 2.04 bits per heavy atom. The number of amides is 3. The zero-order chi connectivity index (χ0) is 19.4. The summed E-state index contributed by atoms with van der Waals surface area (Å²) in [6.07, 6.45) is 0. The lowest BCUT2D eigenvalue weighted by molar-refractivity contribution is -0.139. The van der Waals surface area contributed by atoms with Crippen LogP contribution in [-0.2, 0) is 14.3 Å². The van der Waals surface area contributed by atoms with E-state index in [1.54, 1.807) is 18.7 Å². The van der Waals surface area contributed by atoms with Crippen molar-refractivity contribution < 1.29 is 19.1 Å². The number of piperazine rings is 1. The zero-order valence-corrected chi connectivity index (χ0v) is 16.3. The summed E-state index contributed by atoms with van der Waals surface area (Å²) < 4.78 is 5.26. The molecule has 2 aliphatic heterocycles. The van der Waals surface area contributed by atoms with Gasteiger partial charge in [0.2, 0.25) is 5.91 Å². The number of esters is 1. The lowest BCUT2D eigenvalue weighted by atomic mass is 10.0. The van der Waals surface area contributed by atoms with E-state index in [2.05, 4.69) is 15.5 Å². The van der Waals surface area contributed by atoms with Crippen LogP contribution in [0.3, 0.4) is 0 Å². The molecule has 3 amide bonds. The summed E-state index contributed by atoms with van der Waals surface area (Å²) in [7, 11) is 0. The van der Waals surface area contributed by atoms with Crippen LogP contribution in [0.5, 0.6) is 0 Å². The van der Waals surface area contributed by atoms with Gasteiger partial charge in [0, 0.05) is 50.2 Å². The molecule has 0 bridgehead atoms. The van der Waals surface area contributed by atoms with Crippen molar-refractivity contribution in [3.05, 3.63) is 33.7 Å². The average molecular weight is 392 g/mol. The summed E-state index contributed by atoms with van der Waals surface area (Å²) in [5.41, 5.74) is 1.000. The minimum atomic E-state index is -0.522. The van der Waals surface area contributed by atoms with Gasteiger partial charge >= 0.3 is 12.0 Å². The van der Waals surface area contributed by atoms with E-state index in [0.717, 1.165) is 4.88 Å². The molecule has 2 N–H and O–H groups in total. The Morgan fingerprint density at radius 3 is 2.63 bits per heavy atom. The van der Waals surface area contributed by atoms with Crippen molar-refractivity contribution in [1.82, 2.24) is 20.4 Å². The molecule has 1 atom stereocenters. The molecule has 0 aromatic carbocycles. The first-order chi connectivity index (χ1) is 13.0. The first kappa shape index (κ1) is 19.4. The van der Waals surface area contributed by atoms with E-state index in [9.17, 15) is 14.4 Å². The SMILES string of the molecule is CCOC(=O)C1=C(CN2CCN(C(C)=O)CC2)NC(=O)N[C@@H]1c1cccs1. The van der Waals surface area contributed by atoms with Gasteiger partial charge in [0.05, 0.1) is 18.2 Å². The van der Waals surface area contributed by atoms with Crippen molar-refractivity contribution in [2.24, 2.45) is 0 Å². The van der Waals surface area contributed by atoms with Crippen molar-refractivity contribution >= 4 is 29.2 Å². The fourth-order valence-corrected chi connectivity index (χ4v) is 4.09. The van der Waals surface area contributed by atoms with Gasteiger partial charge in [0.15, 0.2) is 0 Å². The molecule has 3 heterocycles. The molecule has 0 aliphatic carbocycles. The lowest BCUT2D eigenvalue weighted by Crippen LogP contribution is -2.52. The van der Waals surface area contributed by atoms with Crippen molar-refractivity contribution in [2.75, 3.05) is 39.3 Å². The van der Waals surface area contributed by atoms with Crippen LogP contribution in [0.15, 0.2) is 28.8 Å². The molecule has 0 unspecified atom stereocenters. The van der Waals surface area contributed by atoms with Gasteiger partial charge in [0.25, 0.3) is 0 Å². The van der Waals surface area contributed by atoms with Crippen LogP contribution in [0.4, 0.5) is 4.79 Å². The summed E-state index contributed by atoms with van der Waals surface area (Å²) >= 11 is 1.48. The highest BCUT2D eigenvalue weighted by Gasteiger charge is 2.35. The molecule has 0 spiro atoms. The lowest BCUT2D eigenvalue weighted by Gasteiger charge is -2.36. The molecule has 27 heavy (non-hydrogen) atoms. The van der Waals surface area contributed by atoms with E-state index in [1.807, 2.05) is 17.5 Å². The summed E-state index contributed by atoms with van der Waals surface area (Å²) in [5.74, 6) is -0.366. The molecule has 8 nitrogen and oxygen atoms in total. The highest BCUT2D eigenvalue weighted by atomic mass is 32.1. The van der Waals surface area contributed by atoms with Gasteiger partial charge in [-0.05, 0) is 18.4 Å². The summed E-state index contributed by atoms with van der Waals surface area (Å²) in [4.78, 5) is 41.2. The van der Waals surface area contributed by atoms with Crippen LogP contribution in [0.25, 0.3) is 0 Å². The van der Waals surface area contributed by atoms with E-state index >= 15 is 0 Å². The maximum Gasteiger partial charge on any atom is 0.338 e. The van der Waals surface area contributed by atoms with Crippen molar-refractivity contribution in [1.29, 1.82) is 0 Å². The van der Waals surface area contributed by atoms with Gasteiger partial charge < -0.3 is 20.3 Å². The van der Waals surface area contributed by atoms with E-state index < -0.39 is 12.0 Å². The number of hydrogen-bond acceptors (Lipinski definition) is 6. The third-order valence-electron chi connectivity index (χ3n) is 4.68. The molecular weight excluding hydrogens is 368 g/mol. The van der Waals surface area contributed by atoms with Crippen LogP contribution in [0, 0.1) is 0 Å². The van der Waals surface area contributed by atoms with Gasteiger partial charge in [0.1, 0.15) is 0 Å². The van der Waals surface area contributed by atoms with E-state index in [-0.39, 0.29) is 18.5 Å². The second kappa shape index (κ2) is 8.53. The molecule has 1 saturated heterocycles. The van der Waals surface area contributed by atoms with Crippen molar-refractivity contribution in [3.8, 4) is 0 Å². The molecule has 1 aromatic rings. The molecule has 0 radical (unpaired) electrons. The largest absolute Gasteiger partial charge is 0.463 e. The average Bonchev–Trinajstić information content (AvgIpc) is 3.16. The molecular formula is C18H24N4O4S. The van der Waals surface area contributed by atoms with E-state index in [4.69, 9.17) is 4.74 Å². The fourth-order valence-electron chi connectivity index (χ4n) is 3.31. The quantitative estimate of drug-likeness (QED) is 0.732. The Morgan fingerprint density at radius 1 is 1.30 bits per heavy atom. The third-order valence-corrected chi connectivity index (χ3v) is 5.61. The monoisotopic (exact) mass is 392 g/mol. The molecule has 3 rings (SSSR count). The number of carbonyl (C=O) groups is 3. The molecule has 0 saturated carbocycles. The second-order valence-electron chi connectivity index (χ2n) is 6.44. The smallest absolute Gasteiger partial charge is 0.338 e. The number of urea groups is 1. The highest BCUT2D eigenvalue weighted by Crippen LogP contribution is 2.31. The van der Waals surface area contributed by atoms with Gasteiger partial charge in [-0.2, -0.15) is 0 Å². The summed E-state index contributed by atoms with van der Waals surface area (Å²) in [6.45, 7) is 6.66. The summed E-state index contributed by atoms with van der Waals surface area (Å²) in [6, 6.07) is 2.92. The number of nitrogens with one attached hydrogen (secondary N) is 2. The number of thiophene rings is 1. The Labute approximate surface area is 162 Å². The Bertz CT molecular complexity index is 739. The summed E-state index contributed by atoms with van der Waals surface area (Å²) in [5, 5.41) is 7.53. The Balaban J connectivity index is 1.85. The van der Waals surface area contributed by atoms with Gasteiger partial charge in [-0.25, -0.2) is 9.59 Å². The third kappa shape index (κ3) is 4.48. The standard InChI is InChI=1S/C18H24N4O4S/c1-3-26-17(24)15-13(11-21-6-8-22(9-7-21)12(2)23)19-18(25)20-16(15)14-5-4-10-27-14/h4-5,10,16H,3,6-9,11H2,1-2H3,(H2,19,20,25)/t16-/m1/s1. The molecule has 1 aromatic heterocycles. The maximum atomic E-state index is 12.7. The predicted octanol–water partition coefficient (Wildman–Crippen LogP) is 1.08. The number of rotatable bonds is 5. The maximum absolute atomic E-state index is 12.7. The van der Waals surface area contributed by atoms with Gasteiger partial charge in [-0.1, -0.05) is 6.07 Å². The van der Waals surface area contributed by atoms with Gasteiger partial charge in [-0.3, -0.25) is 9.69 Å². The van der Waals surface area contributed by atoms with Crippen molar-refractivity contribution in [3.63, 3.8) is 0 Å². The van der Waals surface area contributed by atoms with E-state index in [0.29, 0.717) is 44.0 Å². The van der Waals surface area contributed by atoms with Crippen LogP contribution in [-0.4, -0.2) is 67.0 Å². The number of carbonyl (C=O) groups excluding carboxylic acids is 3. The van der Waals surface area contributed by atoms with Crippen molar-refractivity contribution in [2.45, 2.75) is 19.9 Å². The Hall–Kier alpha value is -2.39. The molecule has 2 aliphatic rings. The van der Waals surface area contributed by atoms with Crippen LogP contribution >= 0.6 is 11.3 Å².